The van der Waals surface area contributed by atoms with Crippen LogP contribution in [0.25, 0.3) is 0 Å². The molecule has 2 aliphatic heterocycles. The van der Waals surface area contributed by atoms with E-state index in [1.807, 2.05) is 0 Å². The van der Waals surface area contributed by atoms with Gasteiger partial charge < -0.3 is 16.4 Å². The molecule has 90 valence electrons. The highest BCUT2D eigenvalue weighted by Gasteiger charge is 2.50. The van der Waals surface area contributed by atoms with Crippen molar-refractivity contribution < 1.29 is 9.59 Å². The maximum Gasteiger partial charge on any atom is 0.325 e. The van der Waals surface area contributed by atoms with Crippen molar-refractivity contribution in [3.05, 3.63) is 0 Å². The predicted molar refractivity (Wildman–Crippen MR) is 58.8 cm³/mol. The topological polar surface area (TPSA) is 87.5 Å². The Kier molecular flexibility index (Phi) is 3.11. The van der Waals surface area contributed by atoms with E-state index in [9.17, 15) is 9.59 Å². The van der Waals surface area contributed by atoms with E-state index in [4.69, 9.17) is 5.73 Å². The zero-order chi connectivity index (χ0) is 11.6. The highest BCUT2D eigenvalue weighted by molar-refractivity contribution is 6.07. The second kappa shape index (κ2) is 4.39. The number of carbonyl (C=O) groups excluding carboxylic acids is 2. The molecule has 16 heavy (non-hydrogen) atoms. The van der Waals surface area contributed by atoms with Gasteiger partial charge in [0.2, 0.25) is 0 Å². The molecule has 0 bridgehead atoms. The zero-order valence-corrected chi connectivity index (χ0v) is 9.29. The van der Waals surface area contributed by atoms with Crippen LogP contribution in [-0.2, 0) is 4.79 Å². The predicted octanol–water partition coefficient (Wildman–Crippen LogP) is -0.991. The summed E-state index contributed by atoms with van der Waals surface area (Å²) in [6, 6.07) is -0.264. The number of urea groups is 1. The SMILES string of the molecule is NCCCN1C(=O)NC2(CCNCC2)C1=O. The molecule has 6 nitrogen and oxygen atoms in total. The lowest BCUT2D eigenvalue weighted by Gasteiger charge is -2.31. The first kappa shape index (κ1) is 11.3. The molecule has 0 radical (unpaired) electrons. The third kappa shape index (κ3) is 1.78. The molecule has 0 saturated carbocycles. The van der Waals surface area contributed by atoms with Crippen molar-refractivity contribution in [1.82, 2.24) is 15.5 Å². The van der Waals surface area contributed by atoms with Crippen molar-refractivity contribution in [2.75, 3.05) is 26.2 Å². The van der Waals surface area contributed by atoms with Crippen molar-refractivity contribution in [2.24, 2.45) is 5.73 Å². The average Bonchev–Trinajstić information content (AvgIpc) is 2.50. The Labute approximate surface area is 94.5 Å². The van der Waals surface area contributed by atoms with Crippen LogP contribution in [0.4, 0.5) is 4.79 Å². The summed E-state index contributed by atoms with van der Waals surface area (Å²) in [6.07, 6.45) is 2.01. The molecule has 0 aromatic rings. The minimum Gasteiger partial charge on any atom is -0.330 e. The van der Waals surface area contributed by atoms with Gasteiger partial charge in [-0.3, -0.25) is 9.69 Å². The number of nitrogens with two attached hydrogens (primary N) is 1. The van der Waals surface area contributed by atoms with Crippen molar-refractivity contribution in [2.45, 2.75) is 24.8 Å². The average molecular weight is 226 g/mol. The first-order chi connectivity index (χ1) is 7.69. The van der Waals surface area contributed by atoms with Gasteiger partial charge in [-0.2, -0.15) is 0 Å². The normalized spacial score (nSPS) is 23.9. The molecule has 2 rings (SSSR count). The van der Waals surface area contributed by atoms with Crippen LogP contribution in [-0.4, -0.2) is 48.6 Å². The van der Waals surface area contributed by atoms with E-state index < -0.39 is 5.54 Å². The summed E-state index contributed by atoms with van der Waals surface area (Å²) in [5.41, 5.74) is 4.75. The molecule has 2 saturated heterocycles. The van der Waals surface area contributed by atoms with Gasteiger partial charge >= 0.3 is 6.03 Å². The quantitative estimate of drug-likeness (QED) is 0.539. The molecule has 0 aromatic heterocycles. The number of imide groups is 1. The first-order valence-corrected chi connectivity index (χ1v) is 5.74. The molecule has 0 unspecified atom stereocenters. The van der Waals surface area contributed by atoms with E-state index in [2.05, 4.69) is 10.6 Å². The zero-order valence-electron chi connectivity index (χ0n) is 9.29. The van der Waals surface area contributed by atoms with Crippen LogP contribution in [0.15, 0.2) is 0 Å². The highest BCUT2D eigenvalue weighted by Crippen LogP contribution is 2.26. The smallest absolute Gasteiger partial charge is 0.325 e. The lowest BCUT2D eigenvalue weighted by molar-refractivity contribution is -0.132. The standard InChI is InChI=1S/C10H18N4O2/c11-4-1-7-14-8(15)10(13-9(14)16)2-5-12-6-3-10/h12H,1-7,11H2,(H,13,16). The number of carbonyl (C=O) groups is 2. The van der Waals surface area contributed by atoms with E-state index >= 15 is 0 Å². The van der Waals surface area contributed by atoms with Crippen LogP contribution in [0.1, 0.15) is 19.3 Å². The molecular formula is C10H18N4O2. The summed E-state index contributed by atoms with van der Waals surface area (Å²) in [5, 5.41) is 6.02. The van der Waals surface area contributed by atoms with Crippen molar-refractivity contribution in [3.8, 4) is 0 Å². The molecule has 2 aliphatic rings. The lowest BCUT2D eigenvalue weighted by Crippen LogP contribution is -2.53. The highest BCUT2D eigenvalue weighted by atomic mass is 16.2. The number of rotatable bonds is 3. The van der Waals surface area contributed by atoms with Crippen LogP contribution in [0, 0.1) is 0 Å². The van der Waals surface area contributed by atoms with Gasteiger partial charge in [0.1, 0.15) is 5.54 Å². The Morgan fingerprint density at radius 1 is 1.31 bits per heavy atom. The molecule has 6 heteroatoms. The Bertz CT molecular complexity index is 299. The lowest BCUT2D eigenvalue weighted by atomic mass is 9.88. The van der Waals surface area contributed by atoms with Crippen molar-refractivity contribution in [3.63, 3.8) is 0 Å². The minimum absolute atomic E-state index is 0.0764. The Morgan fingerprint density at radius 3 is 2.62 bits per heavy atom. The van der Waals surface area contributed by atoms with Gasteiger partial charge in [-0.1, -0.05) is 0 Å². The van der Waals surface area contributed by atoms with Gasteiger partial charge in [-0.25, -0.2) is 4.79 Å². The third-order valence-corrected chi connectivity index (χ3v) is 3.29. The van der Waals surface area contributed by atoms with Crippen LogP contribution in [0.3, 0.4) is 0 Å². The summed E-state index contributed by atoms with van der Waals surface area (Å²) >= 11 is 0. The number of hydrogen-bond acceptors (Lipinski definition) is 4. The fourth-order valence-corrected chi connectivity index (χ4v) is 2.32. The monoisotopic (exact) mass is 226 g/mol. The second-order valence-electron chi connectivity index (χ2n) is 4.36. The number of piperidine rings is 1. The molecule has 2 heterocycles. The minimum atomic E-state index is -0.642. The molecule has 2 fully saturated rings. The van der Waals surface area contributed by atoms with Crippen molar-refractivity contribution in [1.29, 1.82) is 0 Å². The van der Waals surface area contributed by atoms with Gasteiger partial charge in [-0.15, -0.1) is 0 Å². The maximum atomic E-state index is 12.2. The summed E-state index contributed by atoms with van der Waals surface area (Å²) in [5.74, 6) is -0.0764. The Hall–Kier alpha value is -1.14. The molecule has 0 aliphatic carbocycles. The van der Waals surface area contributed by atoms with E-state index in [0.29, 0.717) is 32.4 Å². The molecule has 1 spiro atoms. The summed E-state index contributed by atoms with van der Waals surface area (Å²) in [4.78, 5) is 25.2. The first-order valence-electron chi connectivity index (χ1n) is 5.74. The van der Waals surface area contributed by atoms with Gasteiger partial charge in [0.15, 0.2) is 0 Å². The summed E-state index contributed by atoms with van der Waals surface area (Å²) in [6.45, 7) is 2.47. The molecule has 4 N–H and O–H groups in total. The number of nitrogens with one attached hydrogen (secondary N) is 2. The van der Waals surface area contributed by atoms with E-state index in [-0.39, 0.29) is 11.9 Å². The summed E-state index contributed by atoms with van der Waals surface area (Å²) < 4.78 is 0. The van der Waals surface area contributed by atoms with Crippen molar-refractivity contribution >= 4 is 11.9 Å². The van der Waals surface area contributed by atoms with E-state index in [1.54, 1.807) is 0 Å². The number of hydrogen-bond donors (Lipinski definition) is 3. The molecular weight excluding hydrogens is 208 g/mol. The van der Waals surface area contributed by atoms with E-state index in [1.165, 1.54) is 4.90 Å². The van der Waals surface area contributed by atoms with Crippen LogP contribution >= 0.6 is 0 Å². The molecule has 0 aromatic carbocycles. The molecule has 3 amide bonds. The summed E-state index contributed by atoms with van der Waals surface area (Å²) in [7, 11) is 0. The van der Waals surface area contributed by atoms with E-state index in [0.717, 1.165) is 13.1 Å². The van der Waals surface area contributed by atoms with Gasteiger partial charge in [-0.05, 0) is 38.9 Å². The van der Waals surface area contributed by atoms with Crippen LogP contribution < -0.4 is 16.4 Å². The van der Waals surface area contributed by atoms with Gasteiger partial charge in [0.25, 0.3) is 5.91 Å². The fourth-order valence-electron chi connectivity index (χ4n) is 2.32. The second-order valence-corrected chi connectivity index (χ2v) is 4.36. The largest absolute Gasteiger partial charge is 0.330 e. The fraction of sp³-hybridized carbons (Fsp3) is 0.800. The number of amides is 3. The van der Waals surface area contributed by atoms with Gasteiger partial charge in [0, 0.05) is 6.54 Å². The molecule has 0 atom stereocenters. The van der Waals surface area contributed by atoms with Crippen LogP contribution in [0.5, 0.6) is 0 Å². The maximum absolute atomic E-state index is 12.2. The van der Waals surface area contributed by atoms with Crippen LogP contribution in [0.2, 0.25) is 0 Å². The Morgan fingerprint density at radius 2 is 2.00 bits per heavy atom. The van der Waals surface area contributed by atoms with Gasteiger partial charge in [0.05, 0.1) is 0 Å². The third-order valence-electron chi connectivity index (χ3n) is 3.29. The number of nitrogens with zero attached hydrogens (tertiary/aromatic N) is 1. The Balaban J connectivity index is 2.08.